The Kier molecular flexibility index (Phi) is 7.05. The number of amides is 1. The molecule has 0 aromatic heterocycles. The lowest BCUT2D eigenvalue weighted by Crippen LogP contribution is -2.48. The zero-order valence-electron chi connectivity index (χ0n) is 16.1. The van der Waals surface area contributed by atoms with Gasteiger partial charge >= 0.3 is 0 Å². The normalized spacial score (nSPS) is 13.4. The first kappa shape index (κ1) is 20.9. The van der Waals surface area contributed by atoms with Crippen LogP contribution < -0.4 is 10.3 Å². The standard InChI is InChI=1S/C22H19ClN6O/c23-18-7-8-21(20(14-18)27-26-19(15-24)16-25)28-10-12-29(13-11-28)22(30)9-6-17-4-2-1-3-5-17/h1-9,14,27H,10-13H2. The largest absolute Gasteiger partial charge is 0.366 e. The van der Waals surface area contributed by atoms with Crippen molar-refractivity contribution in [1.29, 1.82) is 10.5 Å². The summed E-state index contributed by atoms with van der Waals surface area (Å²) in [5.41, 5.74) is 4.89. The Bertz CT molecular complexity index is 1030. The second-order valence-electron chi connectivity index (χ2n) is 6.51. The van der Waals surface area contributed by atoms with Crippen LogP contribution in [0.4, 0.5) is 11.4 Å². The summed E-state index contributed by atoms with van der Waals surface area (Å²) in [5, 5.41) is 22.0. The molecule has 2 aromatic rings. The van der Waals surface area contributed by atoms with E-state index in [2.05, 4.69) is 15.4 Å². The number of hydrogen-bond acceptors (Lipinski definition) is 6. The van der Waals surface area contributed by atoms with E-state index in [1.807, 2.05) is 42.5 Å². The maximum absolute atomic E-state index is 12.5. The maximum Gasteiger partial charge on any atom is 0.246 e. The van der Waals surface area contributed by atoms with E-state index in [0.717, 1.165) is 11.3 Å². The number of piperazine rings is 1. The summed E-state index contributed by atoms with van der Waals surface area (Å²) in [6, 6.07) is 18.4. The first-order chi connectivity index (χ1) is 14.6. The monoisotopic (exact) mass is 418 g/mol. The molecule has 0 saturated carbocycles. The van der Waals surface area contributed by atoms with Crippen molar-refractivity contribution >= 4 is 40.7 Å². The van der Waals surface area contributed by atoms with Crippen molar-refractivity contribution in [1.82, 2.24) is 4.90 Å². The number of hydrazone groups is 1. The van der Waals surface area contributed by atoms with Crippen LogP contribution in [0.15, 0.2) is 59.7 Å². The molecule has 1 aliphatic heterocycles. The smallest absolute Gasteiger partial charge is 0.246 e. The van der Waals surface area contributed by atoms with Crippen LogP contribution in [-0.4, -0.2) is 42.7 Å². The minimum atomic E-state index is -0.276. The summed E-state index contributed by atoms with van der Waals surface area (Å²) >= 11 is 6.09. The van der Waals surface area contributed by atoms with Crippen molar-refractivity contribution < 1.29 is 4.79 Å². The highest BCUT2D eigenvalue weighted by molar-refractivity contribution is 6.31. The fourth-order valence-corrected chi connectivity index (χ4v) is 3.24. The van der Waals surface area contributed by atoms with E-state index in [4.69, 9.17) is 22.1 Å². The molecule has 1 saturated heterocycles. The van der Waals surface area contributed by atoms with Crippen molar-refractivity contribution in [2.45, 2.75) is 0 Å². The minimum absolute atomic E-state index is 0.0229. The third-order valence-electron chi connectivity index (χ3n) is 4.61. The lowest BCUT2D eigenvalue weighted by atomic mass is 10.2. The number of carbonyl (C=O) groups is 1. The molecule has 7 nitrogen and oxygen atoms in total. The Labute approximate surface area is 180 Å². The van der Waals surface area contributed by atoms with Crippen molar-refractivity contribution in [3.63, 3.8) is 0 Å². The van der Waals surface area contributed by atoms with Crippen LogP contribution in [0.2, 0.25) is 5.02 Å². The molecule has 1 heterocycles. The molecule has 0 radical (unpaired) electrons. The van der Waals surface area contributed by atoms with Gasteiger partial charge in [-0.15, -0.1) is 0 Å². The molecular formula is C22H19ClN6O. The number of nitrogens with zero attached hydrogens (tertiary/aromatic N) is 5. The topological polar surface area (TPSA) is 95.5 Å². The van der Waals surface area contributed by atoms with Gasteiger partial charge in [-0.05, 0) is 29.8 Å². The van der Waals surface area contributed by atoms with Gasteiger partial charge < -0.3 is 9.80 Å². The van der Waals surface area contributed by atoms with Gasteiger partial charge in [0.15, 0.2) is 0 Å². The lowest BCUT2D eigenvalue weighted by molar-refractivity contribution is -0.126. The quantitative estimate of drug-likeness (QED) is 0.455. The summed E-state index contributed by atoms with van der Waals surface area (Å²) in [6.45, 7) is 2.42. The Hall–Kier alpha value is -3.81. The highest BCUT2D eigenvalue weighted by Gasteiger charge is 2.21. The number of hydrogen-bond donors (Lipinski definition) is 1. The minimum Gasteiger partial charge on any atom is -0.366 e. The van der Waals surface area contributed by atoms with E-state index < -0.39 is 0 Å². The molecule has 150 valence electrons. The van der Waals surface area contributed by atoms with Gasteiger partial charge in [0.2, 0.25) is 11.6 Å². The first-order valence-corrected chi connectivity index (χ1v) is 9.69. The number of rotatable bonds is 5. The van der Waals surface area contributed by atoms with E-state index in [9.17, 15) is 4.79 Å². The molecule has 1 N–H and O–H groups in total. The zero-order chi connectivity index (χ0) is 21.3. The van der Waals surface area contributed by atoms with Gasteiger partial charge in [0.1, 0.15) is 12.1 Å². The second-order valence-corrected chi connectivity index (χ2v) is 6.95. The fraction of sp³-hybridized carbons (Fsp3) is 0.182. The van der Waals surface area contributed by atoms with Gasteiger partial charge in [0.05, 0.1) is 11.4 Å². The van der Waals surface area contributed by atoms with E-state index in [1.165, 1.54) is 0 Å². The average molecular weight is 419 g/mol. The Morgan fingerprint density at radius 1 is 1.07 bits per heavy atom. The van der Waals surface area contributed by atoms with E-state index in [-0.39, 0.29) is 11.6 Å². The maximum atomic E-state index is 12.5. The Morgan fingerprint density at radius 3 is 2.43 bits per heavy atom. The van der Waals surface area contributed by atoms with Crippen molar-refractivity contribution in [3.05, 3.63) is 65.2 Å². The lowest BCUT2D eigenvalue weighted by Gasteiger charge is -2.36. The molecule has 0 spiro atoms. The molecule has 1 aliphatic rings. The van der Waals surface area contributed by atoms with Crippen LogP contribution in [0.1, 0.15) is 5.56 Å². The SMILES string of the molecule is N#CC(C#N)=NNc1cc(Cl)ccc1N1CCN(C(=O)C=Cc2ccccc2)CC1. The van der Waals surface area contributed by atoms with E-state index >= 15 is 0 Å². The number of nitriles is 2. The van der Waals surface area contributed by atoms with Crippen LogP contribution >= 0.6 is 11.6 Å². The number of anilines is 2. The number of carbonyl (C=O) groups excluding carboxylic acids is 1. The number of benzene rings is 2. The molecule has 1 fully saturated rings. The van der Waals surface area contributed by atoms with Crippen LogP contribution in [0, 0.1) is 22.7 Å². The summed E-state index contributed by atoms with van der Waals surface area (Å²) in [4.78, 5) is 16.4. The van der Waals surface area contributed by atoms with Gasteiger partial charge in [-0.2, -0.15) is 15.6 Å². The molecule has 0 bridgehead atoms. The molecular weight excluding hydrogens is 400 g/mol. The third-order valence-corrected chi connectivity index (χ3v) is 4.84. The molecule has 8 heteroatoms. The highest BCUT2D eigenvalue weighted by Crippen LogP contribution is 2.30. The molecule has 3 rings (SSSR count). The predicted octanol–water partition coefficient (Wildman–Crippen LogP) is 3.52. The average Bonchev–Trinajstić information content (AvgIpc) is 2.79. The molecule has 0 aliphatic carbocycles. The first-order valence-electron chi connectivity index (χ1n) is 9.31. The molecule has 2 aromatic carbocycles. The zero-order valence-corrected chi connectivity index (χ0v) is 16.9. The van der Waals surface area contributed by atoms with Gasteiger partial charge in [0.25, 0.3) is 0 Å². The van der Waals surface area contributed by atoms with Gasteiger partial charge in [0, 0.05) is 37.3 Å². The molecule has 30 heavy (non-hydrogen) atoms. The fourth-order valence-electron chi connectivity index (χ4n) is 3.07. The van der Waals surface area contributed by atoms with Crippen LogP contribution in [0.3, 0.4) is 0 Å². The number of halogens is 1. The summed E-state index contributed by atoms with van der Waals surface area (Å²) in [5.74, 6) is -0.0229. The summed E-state index contributed by atoms with van der Waals surface area (Å²) in [6.07, 6.45) is 3.41. The van der Waals surface area contributed by atoms with Crippen LogP contribution in [0.25, 0.3) is 6.08 Å². The van der Waals surface area contributed by atoms with Gasteiger partial charge in [-0.25, -0.2) is 0 Å². The highest BCUT2D eigenvalue weighted by atomic mass is 35.5. The van der Waals surface area contributed by atoms with Crippen molar-refractivity contribution in [3.8, 4) is 12.1 Å². The van der Waals surface area contributed by atoms with E-state index in [0.29, 0.717) is 36.9 Å². The second kappa shape index (κ2) is 10.1. The molecule has 1 amide bonds. The van der Waals surface area contributed by atoms with Crippen molar-refractivity contribution in [2.24, 2.45) is 5.10 Å². The van der Waals surface area contributed by atoms with Gasteiger partial charge in [-0.1, -0.05) is 41.9 Å². The Morgan fingerprint density at radius 2 is 1.77 bits per heavy atom. The Balaban J connectivity index is 1.65. The predicted molar refractivity (Wildman–Crippen MR) is 118 cm³/mol. The summed E-state index contributed by atoms with van der Waals surface area (Å²) < 4.78 is 0. The van der Waals surface area contributed by atoms with Crippen molar-refractivity contribution in [2.75, 3.05) is 36.5 Å². The van der Waals surface area contributed by atoms with E-state index in [1.54, 1.807) is 35.2 Å². The summed E-state index contributed by atoms with van der Waals surface area (Å²) in [7, 11) is 0. The van der Waals surface area contributed by atoms with Gasteiger partial charge in [-0.3, -0.25) is 10.2 Å². The van der Waals surface area contributed by atoms with Crippen LogP contribution in [-0.2, 0) is 4.79 Å². The molecule has 0 unspecified atom stereocenters. The third kappa shape index (κ3) is 5.38. The van der Waals surface area contributed by atoms with Crippen LogP contribution in [0.5, 0.6) is 0 Å². The molecule has 0 atom stereocenters. The number of nitrogens with one attached hydrogen (secondary N) is 1.